The van der Waals surface area contributed by atoms with Crippen LogP contribution in [0.5, 0.6) is 0 Å². The van der Waals surface area contributed by atoms with E-state index in [1.54, 1.807) is 0 Å². The number of anilines is 1. The van der Waals surface area contributed by atoms with Crippen LogP contribution in [0, 0.1) is 0 Å². The lowest BCUT2D eigenvalue weighted by Crippen LogP contribution is -2.54. The van der Waals surface area contributed by atoms with Crippen molar-refractivity contribution in [3.63, 3.8) is 0 Å². The first-order valence-corrected chi connectivity index (χ1v) is 15.6. The molecule has 7 nitrogen and oxygen atoms in total. The molecule has 0 saturated heterocycles. The number of halogens is 3. The lowest BCUT2D eigenvalue weighted by atomic mass is 10.0. The summed E-state index contributed by atoms with van der Waals surface area (Å²) in [5, 5.41) is 3.30. The van der Waals surface area contributed by atoms with Gasteiger partial charge in [0.15, 0.2) is 0 Å². The van der Waals surface area contributed by atoms with Crippen LogP contribution in [0.3, 0.4) is 0 Å². The van der Waals surface area contributed by atoms with Gasteiger partial charge in [-0.25, -0.2) is 8.42 Å². The zero-order valence-electron chi connectivity index (χ0n) is 21.8. The fourth-order valence-electron chi connectivity index (χ4n) is 3.99. The van der Waals surface area contributed by atoms with Crippen LogP contribution in [-0.2, 0) is 32.6 Å². The van der Waals surface area contributed by atoms with Gasteiger partial charge in [0.05, 0.1) is 17.0 Å². The van der Waals surface area contributed by atoms with Gasteiger partial charge in [0.2, 0.25) is 21.8 Å². The Hall–Kier alpha value is -2.59. The molecule has 0 aromatic heterocycles. The van der Waals surface area contributed by atoms with Crippen LogP contribution in [0.1, 0.15) is 25.0 Å². The number of amides is 2. The predicted molar refractivity (Wildman–Crippen MR) is 161 cm³/mol. The molecule has 1 atom stereocenters. The van der Waals surface area contributed by atoms with Crippen molar-refractivity contribution in [1.82, 2.24) is 10.2 Å². The van der Waals surface area contributed by atoms with Gasteiger partial charge in [-0.2, -0.15) is 0 Å². The van der Waals surface area contributed by atoms with E-state index in [1.165, 1.54) is 23.1 Å². The van der Waals surface area contributed by atoms with Gasteiger partial charge in [-0.05, 0) is 55.3 Å². The second-order valence-corrected chi connectivity index (χ2v) is 13.0. The minimum absolute atomic E-state index is 0.0786. The molecule has 0 fully saturated rings. The van der Waals surface area contributed by atoms with E-state index in [0.29, 0.717) is 0 Å². The Morgan fingerprint density at radius 3 is 2.18 bits per heavy atom. The fraction of sp³-hybridized carbons (Fsp3) is 0.286. The van der Waals surface area contributed by atoms with Crippen molar-refractivity contribution in [2.45, 2.75) is 38.9 Å². The first kappa shape index (κ1) is 30.9. The van der Waals surface area contributed by atoms with Crippen molar-refractivity contribution in [2.24, 2.45) is 0 Å². The Balaban J connectivity index is 2.07. The molecule has 11 heteroatoms. The number of hydrogen-bond acceptors (Lipinski definition) is 4. The molecular formula is C28H30BrCl2N3O4S. The molecule has 0 aliphatic carbocycles. The standard InChI is InChI=1S/C28H30BrCl2N3O4S/c1-19(2)32-28(36)26(15-20-7-5-4-6-8-20)33(17-21-9-11-22(29)12-10-21)27(35)18-34(39(3,37)38)25-16-23(30)13-14-24(25)31/h4-14,16,19,26H,15,17-18H2,1-3H3,(H,32,36). The maximum absolute atomic E-state index is 14.0. The van der Waals surface area contributed by atoms with Gasteiger partial charge in [-0.3, -0.25) is 13.9 Å². The molecule has 3 aromatic carbocycles. The van der Waals surface area contributed by atoms with E-state index < -0.39 is 28.5 Å². The van der Waals surface area contributed by atoms with E-state index in [9.17, 15) is 18.0 Å². The summed E-state index contributed by atoms with van der Waals surface area (Å²) < 4.78 is 27.5. The molecule has 208 valence electrons. The second-order valence-electron chi connectivity index (χ2n) is 9.38. The third kappa shape index (κ3) is 8.96. The summed E-state index contributed by atoms with van der Waals surface area (Å²) in [4.78, 5) is 29.0. The van der Waals surface area contributed by atoms with Crippen LogP contribution in [0.25, 0.3) is 0 Å². The molecule has 1 unspecified atom stereocenters. The SMILES string of the molecule is CC(C)NC(=O)C(Cc1ccccc1)N(Cc1ccc(Br)cc1)C(=O)CN(c1cc(Cl)ccc1Cl)S(C)(=O)=O. The Kier molecular flexibility index (Phi) is 10.8. The molecule has 0 spiro atoms. The largest absolute Gasteiger partial charge is 0.352 e. The molecule has 2 amide bonds. The number of nitrogens with one attached hydrogen (secondary N) is 1. The van der Waals surface area contributed by atoms with Crippen molar-refractivity contribution >= 4 is 66.7 Å². The molecule has 39 heavy (non-hydrogen) atoms. The van der Waals surface area contributed by atoms with E-state index in [2.05, 4.69) is 21.2 Å². The van der Waals surface area contributed by atoms with Crippen molar-refractivity contribution < 1.29 is 18.0 Å². The summed E-state index contributed by atoms with van der Waals surface area (Å²) in [7, 11) is -3.95. The second kappa shape index (κ2) is 13.7. The molecule has 3 rings (SSSR count). The minimum atomic E-state index is -3.95. The Labute approximate surface area is 248 Å². The van der Waals surface area contributed by atoms with Gasteiger partial charge >= 0.3 is 0 Å². The maximum atomic E-state index is 14.0. The topological polar surface area (TPSA) is 86.8 Å². The molecule has 1 N–H and O–H groups in total. The molecule has 3 aromatic rings. The molecule has 0 aliphatic heterocycles. The van der Waals surface area contributed by atoms with Gasteiger partial charge in [-0.15, -0.1) is 0 Å². The Morgan fingerprint density at radius 1 is 0.949 bits per heavy atom. The smallest absolute Gasteiger partial charge is 0.244 e. The number of nitrogens with zero attached hydrogens (tertiary/aromatic N) is 2. The number of rotatable bonds is 11. The predicted octanol–water partition coefficient (Wildman–Crippen LogP) is 5.69. The highest BCUT2D eigenvalue weighted by molar-refractivity contribution is 9.10. The number of benzene rings is 3. The van der Waals surface area contributed by atoms with Crippen molar-refractivity contribution in [1.29, 1.82) is 0 Å². The van der Waals surface area contributed by atoms with Crippen LogP contribution in [-0.4, -0.2) is 50.0 Å². The zero-order valence-corrected chi connectivity index (χ0v) is 25.7. The third-order valence-electron chi connectivity index (χ3n) is 5.82. The van der Waals surface area contributed by atoms with Crippen LogP contribution in [0.2, 0.25) is 10.0 Å². The summed E-state index contributed by atoms with van der Waals surface area (Å²) in [5.74, 6) is -0.912. The lowest BCUT2D eigenvalue weighted by Gasteiger charge is -2.34. The van der Waals surface area contributed by atoms with Gasteiger partial charge in [0, 0.05) is 28.5 Å². The summed E-state index contributed by atoms with van der Waals surface area (Å²) >= 11 is 15.9. The van der Waals surface area contributed by atoms with Crippen LogP contribution < -0.4 is 9.62 Å². The first-order chi connectivity index (χ1) is 18.3. The molecule has 0 radical (unpaired) electrons. The number of carbonyl (C=O) groups is 2. The van der Waals surface area contributed by atoms with Gasteiger partial charge in [0.1, 0.15) is 12.6 Å². The van der Waals surface area contributed by atoms with Crippen molar-refractivity contribution in [2.75, 3.05) is 17.1 Å². The van der Waals surface area contributed by atoms with Gasteiger partial charge < -0.3 is 10.2 Å². The highest BCUT2D eigenvalue weighted by atomic mass is 79.9. The lowest BCUT2D eigenvalue weighted by molar-refractivity contribution is -0.140. The van der Waals surface area contributed by atoms with Crippen molar-refractivity contribution in [3.8, 4) is 0 Å². The normalized spacial score (nSPS) is 12.2. The molecular weight excluding hydrogens is 625 g/mol. The van der Waals surface area contributed by atoms with Crippen molar-refractivity contribution in [3.05, 3.63) is 98.4 Å². The minimum Gasteiger partial charge on any atom is -0.352 e. The zero-order chi connectivity index (χ0) is 28.7. The first-order valence-electron chi connectivity index (χ1n) is 12.2. The maximum Gasteiger partial charge on any atom is 0.244 e. The highest BCUT2D eigenvalue weighted by Crippen LogP contribution is 2.31. The highest BCUT2D eigenvalue weighted by Gasteiger charge is 2.33. The number of hydrogen-bond donors (Lipinski definition) is 1. The summed E-state index contributed by atoms with van der Waals surface area (Å²) in [6, 6.07) is 20.0. The third-order valence-corrected chi connectivity index (χ3v) is 8.03. The summed E-state index contributed by atoms with van der Waals surface area (Å²) in [6.45, 7) is 3.18. The Bertz CT molecular complexity index is 1400. The average Bonchev–Trinajstić information content (AvgIpc) is 2.86. The van der Waals surface area contributed by atoms with Crippen LogP contribution >= 0.6 is 39.1 Å². The van der Waals surface area contributed by atoms with E-state index in [1.807, 2.05) is 68.4 Å². The van der Waals surface area contributed by atoms with Gasteiger partial charge in [-0.1, -0.05) is 81.6 Å². The average molecular weight is 655 g/mol. The van der Waals surface area contributed by atoms with Gasteiger partial charge in [0.25, 0.3) is 0 Å². The van der Waals surface area contributed by atoms with E-state index in [4.69, 9.17) is 23.2 Å². The summed E-state index contributed by atoms with van der Waals surface area (Å²) in [5.41, 5.74) is 1.70. The van der Waals surface area contributed by atoms with E-state index >= 15 is 0 Å². The Morgan fingerprint density at radius 2 is 1.59 bits per heavy atom. The van der Waals surface area contributed by atoms with E-state index in [-0.39, 0.29) is 40.6 Å². The van der Waals surface area contributed by atoms with E-state index in [0.717, 1.165) is 26.2 Å². The monoisotopic (exact) mass is 653 g/mol. The molecule has 0 aliphatic rings. The fourth-order valence-corrected chi connectivity index (χ4v) is 5.55. The molecule has 0 bridgehead atoms. The molecule has 0 heterocycles. The molecule has 0 saturated carbocycles. The number of sulfonamides is 1. The quantitative estimate of drug-likeness (QED) is 0.288. The summed E-state index contributed by atoms with van der Waals surface area (Å²) in [6.07, 6.45) is 1.22. The van der Waals surface area contributed by atoms with Crippen LogP contribution in [0.15, 0.2) is 77.3 Å². The van der Waals surface area contributed by atoms with Crippen LogP contribution in [0.4, 0.5) is 5.69 Å². The number of carbonyl (C=O) groups excluding carboxylic acids is 2.